The molecule has 332 valence electrons. The third-order valence-corrected chi connectivity index (χ3v) is 12.4. The second-order valence-electron chi connectivity index (χ2n) is 17.9. The number of rotatable bonds is 14. The van der Waals surface area contributed by atoms with E-state index < -0.39 is 29.6 Å². The van der Waals surface area contributed by atoms with Crippen molar-refractivity contribution in [2.24, 2.45) is 5.41 Å². The number of methoxy groups -OCH3 is 1. The Hall–Kier alpha value is -6.21. The third-order valence-electron chi connectivity index (χ3n) is 12.4. The molecule has 4 atom stereocenters. The van der Waals surface area contributed by atoms with Gasteiger partial charge in [-0.15, -0.1) is 0 Å². The number of anilines is 3. The van der Waals surface area contributed by atoms with Crippen molar-refractivity contribution in [1.29, 1.82) is 0 Å². The van der Waals surface area contributed by atoms with Gasteiger partial charge >= 0.3 is 6.09 Å². The first-order valence-corrected chi connectivity index (χ1v) is 22.2. The van der Waals surface area contributed by atoms with E-state index in [2.05, 4.69) is 37.9 Å². The third kappa shape index (κ3) is 11.1. The van der Waals surface area contributed by atoms with Crippen LogP contribution in [-0.2, 0) is 37.0 Å². The van der Waals surface area contributed by atoms with Crippen molar-refractivity contribution < 1.29 is 28.7 Å². The Bertz CT molecular complexity index is 2190. The Morgan fingerprint density at radius 3 is 1.59 bits per heavy atom. The van der Waals surface area contributed by atoms with Crippen LogP contribution in [0.4, 0.5) is 21.9 Å². The number of ether oxygens (including phenoxy) is 1. The van der Waals surface area contributed by atoms with Crippen molar-refractivity contribution >= 4 is 46.8 Å². The largest absolute Gasteiger partial charge is 0.453 e. The molecular weight excluding hydrogens is 795 g/mol. The molecule has 3 aliphatic rings. The molecule has 7 rings (SSSR count). The number of carbonyl (C=O) groups is 5. The van der Waals surface area contributed by atoms with Crippen LogP contribution >= 0.6 is 0 Å². The topological polar surface area (TPSA) is 144 Å². The van der Waals surface area contributed by atoms with Gasteiger partial charge in [-0.05, 0) is 110 Å². The molecule has 3 saturated heterocycles. The van der Waals surface area contributed by atoms with E-state index in [1.807, 2.05) is 118 Å². The first-order chi connectivity index (χ1) is 30.4. The Kier molecular flexibility index (Phi) is 14.5. The van der Waals surface area contributed by atoms with E-state index in [1.54, 1.807) is 9.80 Å². The lowest BCUT2D eigenvalue weighted by molar-refractivity contribution is -0.141. The van der Waals surface area contributed by atoms with Gasteiger partial charge in [0.1, 0.15) is 24.2 Å². The number of hydrogen-bond acceptors (Lipinski definition) is 8. The predicted molar refractivity (Wildman–Crippen MR) is 245 cm³/mol. The number of nitrogens with one attached hydrogen (secondary N) is 3. The van der Waals surface area contributed by atoms with Gasteiger partial charge in [0.2, 0.25) is 23.6 Å². The summed E-state index contributed by atoms with van der Waals surface area (Å²) in [6.45, 7) is 9.53. The average Bonchev–Trinajstić information content (AvgIpc) is 4.11. The van der Waals surface area contributed by atoms with Crippen molar-refractivity contribution in [2.75, 3.05) is 48.8 Å². The van der Waals surface area contributed by atoms with E-state index in [9.17, 15) is 24.0 Å². The number of amides is 5. The van der Waals surface area contributed by atoms with E-state index in [1.165, 1.54) is 7.11 Å². The molecule has 3 aliphatic heterocycles. The summed E-state index contributed by atoms with van der Waals surface area (Å²) in [7, 11) is 1.26. The maximum atomic E-state index is 14.2. The zero-order chi connectivity index (χ0) is 44.5. The van der Waals surface area contributed by atoms with Crippen LogP contribution in [-0.4, -0.2) is 95.8 Å². The van der Waals surface area contributed by atoms with Gasteiger partial charge in [0.15, 0.2) is 0 Å². The second kappa shape index (κ2) is 20.3. The molecule has 0 aromatic heterocycles. The maximum Gasteiger partial charge on any atom is 0.407 e. The van der Waals surface area contributed by atoms with E-state index in [0.29, 0.717) is 56.8 Å². The van der Waals surface area contributed by atoms with Crippen LogP contribution in [0.2, 0.25) is 0 Å². The Balaban J connectivity index is 0.970. The predicted octanol–water partition coefficient (Wildman–Crippen LogP) is 7.36. The van der Waals surface area contributed by atoms with Gasteiger partial charge in [-0.25, -0.2) is 4.79 Å². The minimum Gasteiger partial charge on any atom is -0.453 e. The number of nitrogens with zero attached hydrogens (tertiary/aromatic N) is 4. The summed E-state index contributed by atoms with van der Waals surface area (Å²) in [5.41, 5.74) is 4.82. The highest BCUT2D eigenvalue weighted by Crippen LogP contribution is 2.32. The summed E-state index contributed by atoms with van der Waals surface area (Å²) in [5, 5.41) is 8.77. The fourth-order valence-corrected chi connectivity index (χ4v) is 9.06. The molecule has 0 bridgehead atoms. The van der Waals surface area contributed by atoms with Gasteiger partial charge in [0, 0.05) is 43.2 Å². The summed E-state index contributed by atoms with van der Waals surface area (Å²) in [5.74, 6) is -0.741. The molecule has 4 aromatic rings. The fraction of sp³-hybridized carbons (Fsp3) is 0.420. The van der Waals surface area contributed by atoms with Crippen LogP contribution in [0.1, 0.15) is 82.0 Å². The Morgan fingerprint density at radius 2 is 1.11 bits per heavy atom. The van der Waals surface area contributed by atoms with Crippen LogP contribution in [0.15, 0.2) is 109 Å². The molecular formula is C50H61N7O6. The molecule has 0 aliphatic carbocycles. The molecule has 1 unspecified atom stereocenters. The minimum atomic E-state index is -0.853. The normalized spacial score (nSPS) is 18.7. The van der Waals surface area contributed by atoms with E-state index in [-0.39, 0.29) is 29.7 Å². The van der Waals surface area contributed by atoms with Crippen molar-refractivity contribution in [3.63, 3.8) is 0 Å². The lowest BCUT2D eigenvalue weighted by atomic mass is 9.85. The van der Waals surface area contributed by atoms with Gasteiger partial charge in [0.25, 0.3) is 0 Å². The Morgan fingerprint density at radius 1 is 0.635 bits per heavy atom. The molecule has 0 saturated carbocycles. The highest BCUT2D eigenvalue weighted by molar-refractivity contribution is 5.99. The molecule has 4 aromatic carbocycles. The van der Waals surface area contributed by atoms with Crippen molar-refractivity contribution in [3.05, 3.63) is 126 Å². The zero-order valence-electron chi connectivity index (χ0n) is 36.9. The number of benzene rings is 4. The molecule has 5 amide bonds. The van der Waals surface area contributed by atoms with Crippen LogP contribution in [0, 0.1) is 5.41 Å². The molecule has 63 heavy (non-hydrogen) atoms. The SMILES string of the molecule is COC(=O)N[C@H](C(=O)N1CCCC1C(=O)Nc1ccc(CN(Cc2ccc(NC(=O)[C@@H]3CCCN3C(=O)[C@@H](c3ccccc3)N3CCCC3)cc2)c2ccccc2)cc1)C(C)(C)C. The molecule has 3 N–H and O–H groups in total. The number of likely N-dealkylation sites (tertiary alicyclic amines) is 3. The second-order valence-corrected chi connectivity index (χ2v) is 17.9. The first kappa shape index (κ1) is 44.8. The van der Waals surface area contributed by atoms with Crippen LogP contribution in [0.5, 0.6) is 0 Å². The van der Waals surface area contributed by atoms with Crippen molar-refractivity contribution in [2.45, 2.75) is 96.6 Å². The van der Waals surface area contributed by atoms with Gasteiger partial charge in [0.05, 0.1) is 7.11 Å². The van der Waals surface area contributed by atoms with Gasteiger partial charge in [-0.2, -0.15) is 0 Å². The monoisotopic (exact) mass is 855 g/mol. The Labute approximate surface area is 371 Å². The van der Waals surface area contributed by atoms with Crippen LogP contribution in [0.3, 0.4) is 0 Å². The average molecular weight is 856 g/mol. The van der Waals surface area contributed by atoms with E-state index in [4.69, 9.17) is 4.74 Å². The number of hydrogen-bond donors (Lipinski definition) is 3. The molecule has 0 radical (unpaired) electrons. The lowest BCUT2D eigenvalue weighted by Gasteiger charge is -2.35. The van der Waals surface area contributed by atoms with Crippen molar-refractivity contribution in [3.8, 4) is 0 Å². The van der Waals surface area contributed by atoms with Crippen LogP contribution in [0.25, 0.3) is 0 Å². The molecule has 13 nitrogen and oxygen atoms in total. The van der Waals surface area contributed by atoms with Gasteiger partial charge < -0.3 is 35.4 Å². The molecule has 0 spiro atoms. The summed E-state index contributed by atoms with van der Waals surface area (Å²) < 4.78 is 4.77. The zero-order valence-corrected chi connectivity index (χ0v) is 36.9. The summed E-state index contributed by atoms with van der Waals surface area (Å²) in [6.07, 6.45) is 4.07. The highest BCUT2D eigenvalue weighted by atomic mass is 16.5. The van der Waals surface area contributed by atoms with E-state index in [0.717, 1.165) is 54.7 Å². The fourth-order valence-electron chi connectivity index (χ4n) is 9.06. The summed E-state index contributed by atoms with van der Waals surface area (Å²) in [4.78, 5) is 75.2. The molecule has 3 fully saturated rings. The number of para-hydroxylation sites is 1. The van der Waals surface area contributed by atoms with Crippen molar-refractivity contribution in [1.82, 2.24) is 20.0 Å². The first-order valence-electron chi connectivity index (χ1n) is 22.2. The lowest BCUT2D eigenvalue weighted by Crippen LogP contribution is -2.57. The van der Waals surface area contributed by atoms with Crippen LogP contribution < -0.4 is 20.9 Å². The molecule has 3 heterocycles. The summed E-state index contributed by atoms with van der Waals surface area (Å²) >= 11 is 0. The minimum absolute atomic E-state index is 0.00224. The van der Waals surface area contributed by atoms with E-state index >= 15 is 0 Å². The highest BCUT2D eigenvalue weighted by Gasteiger charge is 2.43. The summed E-state index contributed by atoms with van der Waals surface area (Å²) in [6, 6.07) is 33.3. The number of carbonyl (C=O) groups excluding carboxylic acids is 5. The molecule has 13 heteroatoms. The quantitative estimate of drug-likeness (QED) is 0.120. The smallest absolute Gasteiger partial charge is 0.407 e. The van der Waals surface area contributed by atoms with Gasteiger partial charge in [-0.1, -0.05) is 93.6 Å². The maximum absolute atomic E-state index is 14.2. The van der Waals surface area contributed by atoms with Gasteiger partial charge in [-0.3, -0.25) is 24.1 Å². The number of alkyl carbamates (subject to hydrolysis) is 1. The standard InChI is InChI=1S/C50H61N7O6/c1-50(2,3)44(53-49(62)63-4)48(61)57-32-14-20-42(57)46(59)52-39-27-23-36(24-28-39)34-55(40-17-9-6-10-18-40)33-35-21-25-38(26-22-35)51-45(58)41-19-13-31-56(41)47(60)43(54-29-11-12-30-54)37-15-7-5-8-16-37/h5-10,15-18,21-28,41-44H,11-14,19-20,29-34H2,1-4H3,(H,51,58)(H,52,59)(H,53,62)/t41-,42?,43+,44+/m0/s1.